The number of aliphatic hydroxyl groups excluding tert-OH is 1. The van der Waals surface area contributed by atoms with Crippen molar-refractivity contribution in [3.8, 4) is 0 Å². The van der Waals surface area contributed by atoms with E-state index in [4.69, 9.17) is 9.52 Å². The van der Waals surface area contributed by atoms with Crippen molar-refractivity contribution in [2.24, 2.45) is 39.9 Å². The molecule has 0 aromatic carbocycles. The number of rotatable bonds is 5. The van der Waals surface area contributed by atoms with Crippen molar-refractivity contribution in [3.05, 3.63) is 46.7 Å². The number of furan rings is 1. The molecule has 2 aromatic heterocycles. The van der Waals surface area contributed by atoms with Gasteiger partial charge in [0.15, 0.2) is 0 Å². The first kappa shape index (κ1) is 25.6. The lowest BCUT2D eigenvalue weighted by molar-refractivity contribution is -0.158. The summed E-state index contributed by atoms with van der Waals surface area (Å²) in [6.45, 7) is 11.9. The zero-order valence-electron chi connectivity index (χ0n) is 22.9. The molecule has 1 unspecified atom stereocenters. The van der Waals surface area contributed by atoms with Crippen LogP contribution in [0.3, 0.4) is 0 Å². The van der Waals surface area contributed by atoms with E-state index in [9.17, 15) is 9.90 Å². The Hall–Kier alpha value is -1.66. The molecule has 0 spiro atoms. The quantitative estimate of drug-likeness (QED) is 0.402. The van der Waals surface area contributed by atoms with Gasteiger partial charge in [0.1, 0.15) is 17.3 Å². The summed E-state index contributed by atoms with van der Waals surface area (Å²) < 4.78 is 7.89. The van der Waals surface area contributed by atoms with Crippen LogP contribution in [0, 0.1) is 39.9 Å². The number of hydrogen-bond donors (Lipinski definition) is 1. The number of aliphatic hydroxyl groups is 1. The predicted octanol–water partition coefficient (Wildman–Crippen LogP) is 6.80. The Morgan fingerprint density at radius 2 is 2.03 bits per heavy atom. The van der Waals surface area contributed by atoms with Gasteiger partial charge in [-0.15, -0.1) is 0 Å². The van der Waals surface area contributed by atoms with E-state index in [1.54, 1.807) is 0 Å². The molecule has 0 radical (unpaired) electrons. The summed E-state index contributed by atoms with van der Waals surface area (Å²) in [6, 6.07) is 4.03. The highest BCUT2D eigenvalue weighted by molar-refractivity contribution is 9.08. The molecule has 6 heteroatoms. The molecule has 37 heavy (non-hydrogen) atoms. The normalized spacial score (nSPS) is 40.4. The van der Waals surface area contributed by atoms with E-state index in [1.165, 1.54) is 11.1 Å². The van der Waals surface area contributed by atoms with Gasteiger partial charge >= 0.3 is 0 Å². The average Bonchev–Trinajstić information content (AvgIpc) is 3.52. The molecule has 4 aliphatic rings. The van der Waals surface area contributed by atoms with Gasteiger partial charge in [-0.2, -0.15) is 5.10 Å². The van der Waals surface area contributed by atoms with Gasteiger partial charge in [0.25, 0.3) is 0 Å². The molecule has 200 valence electrons. The fourth-order valence-corrected chi connectivity index (χ4v) is 9.88. The van der Waals surface area contributed by atoms with Gasteiger partial charge in [-0.1, -0.05) is 56.1 Å². The Morgan fingerprint density at radius 3 is 2.73 bits per heavy atom. The summed E-state index contributed by atoms with van der Waals surface area (Å²) in [5.74, 6) is 3.73. The summed E-state index contributed by atoms with van der Waals surface area (Å²) in [5, 5.41) is 17.5. The van der Waals surface area contributed by atoms with Crippen LogP contribution in [-0.2, 0) is 23.1 Å². The minimum Gasteiger partial charge on any atom is -0.463 e. The monoisotopic (exact) mass is 568 g/mol. The lowest BCUT2D eigenvalue weighted by Gasteiger charge is -2.61. The smallest absolute Gasteiger partial charge is 0.139 e. The van der Waals surface area contributed by atoms with Crippen LogP contribution in [0.2, 0.25) is 0 Å². The fraction of sp³-hybridized carbons (Fsp3) is 0.677. The predicted molar refractivity (Wildman–Crippen MR) is 148 cm³/mol. The third kappa shape index (κ3) is 3.50. The standard InChI is InChI=1S/C31H41BrN2O3/c1-6-27(36)31(5)18(2)11-24-23-10-7-20-12-25-19(13-29(20,3)28(23)26(35)14-30(24,31)4)16-34(33-25)17-22-9-8-21(15-32)37-22/h8-9,12,16,18,23-24,26,28,35H,6-7,10-11,13-15,17H2,1-5H3/t18-,23+,24+,26+,28?,29+,30+,31-/m1/s1. The number of halogens is 1. The lowest BCUT2D eigenvalue weighted by atomic mass is 9.44. The Balaban J connectivity index is 1.31. The molecule has 0 amide bonds. The first-order chi connectivity index (χ1) is 17.5. The van der Waals surface area contributed by atoms with Gasteiger partial charge in [-0.3, -0.25) is 9.48 Å². The number of hydrogen-bond acceptors (Lipinski definition) is 4. The number of aromatic nitrogens is 2. The molecule has 1 N–H and O–H groups in total. The average molecular weight is 570 g/mol. The summed E-state index contributed by atoms with van der Waals surface area (Å²) in [6.07, 6.45) is 9.60. The van der Waals surface area contributed by atoms with E-state index in [0.29, 0.717) is 41.8 Å². The van der Waals surface area contributed by atoms with E-state index < -0.39 is 6.10 Å². The topological polar surface area (TPSA) is 68.3 Å². The van der Waals surface area contributed by atoms with Gasteiger partial charge < -0.3 is 9.52 Å². The SMILES string of the molecule is CCC(=O)[C@@]1(C)[C@H](C)C[C@H]2[C@@H]3CCC4=Cc5nn(Cc6ccc(CBr)o6)cc5C[C@]4(C)C3[C@@H](O)C[C@@]21C. The third-order valence-corrected chi connectivity index (χ3v) is 12.2. The summed E-state index contributed by atoms with van der Waals surface area (Å²) in [5.41, 5.74) is 3.23. The minimum atomic E-state index is -0.392. The number of carbonyl (C=O) groups excluding carboxylic acids is 1. The number of alkyl halides is 1. The van der Waals surface area contributed by atoms with Gasteiger partial charge in [0, 0.05) is 18.0 Å². The lowest BCUT2D eigenvalue weighted by Crippen LogP contribution is -2.59. The zero-order chi connectivity index (χ0) is 26.3. The summed E-state index contributed by atoms with van der Waals surface area (Å²) in [4.78, 5) is 13.3. The van der Waals surface area contributed by atoms with Crippen LogP contribution in [0.4, 0.5) is 0 Å². The summed E-state index contributed by atoms with van der Waals surface area (Å²) in [7, 11) is 0. The van der Waals surface area contributed by atoms with Gasteiger partial charge in [0.05, 0.1) is 23.7 Å². The first-order valence-electron chi connectivity index (χ1n) is 14.2. The van der Waals surface area contributed by atoms with Crippen LogP contribution in [-0.4, -0.2) is 26.8 Å². The number of carbonyl (C=O) groups is 1. The van der Waals surface area contributed by atoms with E-state index in [2.05, 4.69) is 55.9 Å². The van der Waals surface area contributed by atoms with Crippen molar-refractivity contribution in [1.29, 1.82) is 0 Å². The minimum absolute atomic E-state index is 0.0741. The van der Waals surface area contributed by atoms with Crippen molar-refractivity contribution in [2.45, 2.75) is 91.1 Å². The maximum absolute atomic E-state index is 13.3. The third-order valence-electron chi connectivity index (χ3n) is 11.6. The number of ketones is 1. The highest BCUT2D eigenvalue weighted by atomic mass is 79.9. The summed E-state index contributed by atoms with van der Waals surface area (Å²) >= 11 is 3.46. The van der Waals surface area contributed by atoms with Crippen LogP contribution in [0.1, 0.15) is 89.5 Å². The molecule has 8 atom stereocenters. The Bertz CT molecular complexity index is 1260. The van der Waals surface area contributed by atoms with E-state index in [-0.39, 0.29) is 22.2 Å². The van der Waals surface area contributed by atoms with Crippen molar-refractivity contribution < 1.29 is 14.3 Å². The molecule has 0 bridgehead atoms. The van der Waals surface area contributed by atoms with Crippen LogP contribution < -0.4 is 0 Å². The number of fused-ring (bicyclic) bond motifs is 6. The Labute approximate surface area is 229 Å². The number of nitrogens with zero attached hydrogens (tertiary/aromatic N) is 2. The van der Waals surface area contributed by atoms with Crippen molar-refractivity contribution in [2.75, 3.05) is 0 Å². The molecule has 3 fully saturated rings. The Morgan fingerprint density at radius 1 is 1.27 bits per heavy atom. The molecule has 3 saturated carbocycles. The van der Waals surface area contributed by atoms with Gasteiger partial charge in [-0.25, -0.2) is 0 Å². The molecule has 0 aliphatic heterocycles. The van der Waals surface area contributed by atoms with Crippen molar-refractivity contribution >= 4 is 27.8 Å². The first-order valence-corrected chi connectivity index (χ1v) is 15.3. The molecule has 5 nitrogen and oxygen atoms in total. The van der Waals surface area contributed by atoms with Gasteiger partial charge in [0.2, 0.25) is 0 Å². The maximum atomic E-state index is 13.3. The molecular formula is C31H41BrN2O3. The highest BCUT2D eigenvalue weighted by Crippen LogP contribution is 2.71. The number of allylic oxidation sites excluding steroid dienone is 1. The van der Waals surface area contributed by atoms with E-state index >= 15 is 0 Å². The largest absolute Gasteiger partial charge is 0.463 e. The van der Waals surface area contributed by atoms with Gasteiger partial charge in [-0.05, 0) is 90.4 Å². The zero-order valence-corrected chi connectivity index (χ0v) is 24.5. The second kappa shape index (κ2) is 8.67. The molecule has 0 saturated heterocycles. The van der Waals surface area contributed by atoms with E-state index in [0.717, 1.165) is 49.3 Å². The Kier molecular flexibility index (Phi) is 6.00. The highest BCUT2D eigenvalue weighted by Gasteiger charge is 2.68. The second-order valence-corrected chi connectivity index (χ2v) is 13.7. The molecular weight excluding hydrogens is 528 g/mol. The number of Topliss-reactive ketones (excluding diaryl/α,β-unsaturated/α-hetero) is 1. The molecule has 2 heterocycles. The fourth-order valence-electron chi connectivity index (χ4n) is 9.58. The molecule has 4 aliphatic carbocycles. The van der Waals surface area contributed by atoms with Crippen LogP contribution in [0.25, 0.3) is 6.08 Å². The van der Waals surface area contributed by atoms with Crippen LogP contribution >= 0.6 is 15.9 Å². The second-order valence-electron chi connectivity index (χ2n) is 13.1. The van der Waals surface area contributed by atoms with Crippen molar-refractivity contribution in [1.82, 2.24) is 9.78 Å². The molecule has 6 rings (SSSR count). The van der Waals surface area contributed by atoms with Crippen molar-refractivity contribution in [3.63, 3.8) is 0 Å². The van der Waals surface area contributed by atoms with E-state index in [1.807, 2.05) is 23.7 Å². The molecule has 2 aromatic rings. The maximum Gasteiger partial charge on any atom is 0.139 e. The van der Waals surface area contributed by atoms with Crippen LogP contribution in [0.5, 0.6) is 0 Å². The van der Waals surface area contributed by atoms with Crippen LogP contribution in [0.15, 0.2) is 28.3 Å².